The van der Waals surface area contributed by atoms with Crippen molar-refractivity contribution in [1.29, 1.82) is 0 Å². The van der Waals surface area contributed by atoms with Crippen molar-refractivity contribution in [3.8, 4) is 0 Å². The first-order chi connectivity index (χ1) is 6.29. The molecule has 3 atom stereocenters. The Kier molecular flexibility index (Phi) is 4.79. The lowest BCUT2D eigenvalue weighted by molar-refractivity contribution is 0.194. The second kappa shape index (κ2) is 5.64. The van der Waals surface area contributed by atoms with E-state index in [-0.39, 0.29) is 0 Å². The van der Waals surface area contributed by atoms with Crippen LogP contribution in [0, 0.1) is 11.8 Å². The lowest BCUT2D eigenvalue weighted by Crippen LogP contribution is -2.39. The van der Waals surface area contributed by atoms with Gasteiger partial charge < -0.3 is 5.32 Å². The Morgan fingerprint density at radius 3 is 2.62 bits per heavy atom. The molecular formula is C12H25N. The van der Waals surface area contributed by atoms with Gasteiger partial charge in [-0.2, -0.15) is 0 Å². The van der Waals surface area contributed by atoms with Gasteiger partial charge in [-0.3, -0.25) is 0 Å². The van der Waals surface area contributed by atoms with Crippen LogP contribution >= 0.6 is 0 Å². The van der Waals surface area contributed by atoms with E-state index in [0.29, 0.717) is 0 Å². The molecule has 1 rings (SSSR count). The molecule has 0 aromatic heterocycles. The largest absolute Gasteiger partial charge is 0.317 e. The summed E-state index contributed by atoms with van der Waals surface area (Å²) in [6, 6.07) is 0.801. The molecule has 1 saturated carbocycles. The van der Waals surface area contributed by atoms with Gasteiger partial charge in [-0.05, 0) is 31.7 Å². The van der Waals surface area contributed by atoms with E-state index < -0.39 is 0 Å². The van der Waals surface area contributed by atoms with Gasteiger partial charge in [-0.1, -0.05) is 39.5 Å². The van der Waals surface area contributed by atoms with Crippen LogP contribution in [0.3, 0.4) is 0 Å². The summed E-state index contributed by atoms with van der Waals surface area (Å²) in [6.45, 7) is 4.73. The zero-order valence-corrected chi connectivity index (χ0v) is 9.47. The second-order valence-corrected chi connectivity index (χ2v) is 4.61. The van der Waals surface area contributed by atoms with Gasteiger partial charge in [0, 0.05) is 6.04 Å². The summed E-state index contributed by atoms with van der Waals surface area (Å²) in [5, 5.41) is 3.49. The summed E-state index contributed by atoms with van der Waals surface area (Å²) in [5.74, 6) is 1.86. The van der Waals surface area contributed by atoms with Crippen LogP contribution in [-0.2, 0) is 0 Å². The first-order valence-electron chi connectivity index (χ1n) is 5.96. The van der Waals surface area contributed by atoms with Crippen molar-refractivity contribution in [2.45, 2.75) is 58.4 Å². The molecule has 0 radical (unpaired) electrons. The van der Waals surface area contributed by atoms with Crippen molar-refractivity contribution in [2.75, 3.05) is 7.05 Å². The molecule has 0 aromatic carbocycles. The Hall–Kier alpha value is -0.0400. The Morgan fingerprint density at radius 2 is 2.00 bits per heavy atom. The molecule has 0 saturated heterocycles. The minimum atomic E-state index is 0.801. The molecule has 1 heteroatoms. The zero-order valence-electron chi connectivity index (χ0n) is 9.47. The van der Waals surface area contributed by atoms with Crippen LogP contribution in [-0.4, -0.2) is 13.1 Å². The van der Waals surface area contributed by atoms with Crippen molar-refractivity contribution in [3.63, 3.8) is 0 Å². The van der Waals surface area contributed by atoms with Gasteiger partial charge in [0.1, 0.15) is 0 Å². The molecule has 0 bridgehead atoms. The van der Waals surface area contributed by atoms with Crippen molar-refractivity contribution in [2.24, 2.45) is 11.8 Å². The van der Waals surface area contributed by atoms with Crippen LogP contribution in [0.15, 0.2) is 0 Å². The monoisotopic (exact) mass is 183 g/mol. The normalized spacial score (nSPS) is 31.6. The molecule has 0 heterocycles. The third-order valence-corrected chi connectivity index (χ3v) is 3.67. The Bertz CT molecular complexity index is 133. The average Bonchev–Trinajstić information content (AvgIpc) is 2.18. The van der Waals surface area contributed by atoms with Crippen LogP contribution in [0.1, 0.15) is 52.4 Å². The van der Waals surface area contributed by atoms with E-state index in [0.717, 1.165) is 17.9 Å². The molecule has 0 aliphatic heterocycles. The molecular weight excluding hydrogens is 158 g/mol. The first-order valence-corrected chi connectivity index (χ1v) is 5.96. The van der Waals surface area contributed by atoms with Crippen LogP contribution in [0.5, 0.6) is 0 Å². The number of hydrogen-bond acceptors (Lipinski definition) is 1. The second-order valence-electron chi connectivity index (χ2n) is 4.61. The molecule has 0 spiro atoms. The maximum absolute atomic E-state index is 3.49. The molecule has 13 heavy (non-hydrogen) atoms. The van der Waals surface area contributed by atoms with E-state index in [1.807, 2.05) is 0 Å². The topological polar surface area (TPSA) is 12.0 Å². The minimum absolute atomic E-state index is 0.801. The van der Waals surface area contributed by atoms with Crippen LogP contribution < -0.4 is 5.32 Å². The van der Waals surface area contributed by atoms with Crippen LogP contribution in [0.4, 0.5) is 0 Å². The average molecular weight is 183 g/mol. The number of hydrogen-bond donors (Lipinski definition) is 1. The van der Waals surface area contributed by atoms with Crippen molar-refractivity contribution in [3.05, 3.63) is 0 Å². The Labute approximate surface area is 83.3 Å². The minimum Gasteiger partial charge on any atom is -0.317 e. The molecule has 1 N–H and O–H groups in total. The highest BCUT2D eigenvalue weighted by Crippen LogP contribution is 2.32. The maximum Gasteiger partial charge on any atom is 0.00948 e. The molecule has 3 unspecified atom stereocenters. The standard InChI is InChI=1S/C12H25N/c1-4-7-10(2)11-8-5-6-9-12(11)13-3/h10-13H,4-9H2,1-3H3. The predicted molar refractivity (Wildman–Crippen MR) is 58.9 cm³/mol. The van der Waals surface area contributed by atoms with Gasteiger partial charge in [-0.25, -0.2) is 0 Å². The van der Waals surface area contributed by atoms with Crippen LogP contribution in [0.2, 0.25) is 0 Å². The van der Waals surface area contributed by atoms with Gasteiger partial charge in [0.05, 0.1) is 0 Å². The number of nitrogens with one attached hydrogen (secondary N) is 1. The summed E-state index contributed by atoms with van der Waals surface area (Å²) in [6.07, 6.45) is 8.48. The Morgan fingerprint density at radius 1 is 1.31 bits per heavy atom. The summed E-state index contributed by atoms with van der Waals surface area (Å²) in [5.41, 5.74) is 0. The predicted octanol–water partition coefficient (Wildman–Crippen LogP) is 3.20. The van der Waals surface area contributed by atoms with E-state index in [1.165, 1.54) is 38.5 Å². The maximum atomic E-state index is 3.49. The van der Waals surface area contributed by atoms with Crippen molar-refractivity contribution >= 4 is 0 Å². The third-order valence-electron chi connectivity index (χ3n) is 3.67. The highest BCUT2D eigenvalue weighted by Gasteiger charge is 2.27. The van der Waals surface area contributed by atoms with E-state index in [2.05, 4.69) is 26.2 Å². The molecule has 78 valence electrons. The molecule has 0 amide bonds. The summed E-state index contributed by atoms with van der Waals surface area (Å²) in [4.78, 5) is 0. The highest BCUT2D eigenvalue weighted by atomic mass is 14.9. The molecule has 1 nitrogen and oxygen atoms in total. The molecule has 1 fully saturated rings. The quantitative estimate of drug-likeness (QED) is 0.706. The van der Waals surface area contributed by atoms with E-state index >= 15 is 0 Å². The number of rotatable bonds is 4. The Balaban J connectivity index is 2.43. The van der Waals surface area contributed by atoms with Gasteiger partial charge in [0.15, 0.2) is 0 Å². The van der Waals surface area contributed by atoms with E-state index in [1.54, 1.807) is 0 Å². The van der Waals surface area contributed by atoms with Gasteiger partial charge in [-0.15, -0.1) is 0 Å². The highest BCUT2D eigenvalue weighted by molar-refractivity contribution is 4.82. The fourth-order valence-electron chi connectivity index (χ4n) is 2.87. The summed E-state index contributed by atoms with van der Waals surface area (Å²) in [7, 11) is 2.13. The van der Waals surface area contributed by atoms with Crippen LogP contribution in [0.25, 0.3) is 0 Å². The van der Waals surface area contributed by atoms with Crippen molar-refractivity contribution < 1.29 is 0 Å². The first kappa shape index (κ1) is 11.0. The molecule has 1 aliphatic carbocycles. The fraction of sp³-hybridized carbons (Fsp3) is 1.00. The third kappa shape index (κ3) is 2.98. The lowest BCUT2D eigenvalue weighted by atomic mass is 9.76. The SMILES string of the molecule is CCCC(C)C1CCCCC1NC. The fourth-order valence-corrected chi connectivity index (χ4v) is 2.87. The summed E-state index contributed by atoms with van der Waals surface area (Å²) < 4.78 is 0. The smallest absolute Gasteiger partial charge is 0.00948 e. The van der Waals surface area contributed by atoms with E-state index in [9.17, 15) is 0 Å². The summed E-state index contributed by atoms with van der Waals surface area (Å²) >= 11 is 0. The lowest BCUT2D eigenvalue weighted by Gasteiger charge is -2.35. The van der Waals surface area contributed by atoms with Gasteiger partial charge in [0.25, 0.3) is 0 Å². The van der Waals surface area contributed by atoms with E-state index in [4.69, 9.17) is 0 Å². The zero-order chi connectivity index (χ0) is 9.68. The van der Waals surface area contributed by atoms with Gasteiger partial charge >= 0.3 is 0 Å². The van der Waals surface area contributed by atoms with Gasteiger partial charge in [0.2, 0.25) is 0 Å². The molecule has 0 aromatic rings. The molecule has 1 aliphatic rings. The van der Waals surface area contributed by atoms with Crippen molar-refractivity contribution in [1.82, 2.24) is 5.32 Å².